The number of para-hydroxylation sites is 2. The highest BCUT2D eigenvalue weighted by atomic mass is 15.4. The molecule has 0 radical (unpaired) electrons. The molecular weight excluding hydrogens is 496 g/mol. The second-order valence-electron chi connectivity index (χ2n) is 9.65. The zero-order chi connectivity index (χ0) is 27.9. The molecule has 2 aromatic heterocycles. The van der Waals surface area contributed by atoms with Crippen LogP contribution in [0.4, 0.5) is 11.4 Å². The molecule has 0 saturated carbocycles. The zero-order valence-corrected chi connectivity index (χ0v) is 23.1. The second-order valence-corrected chi connectivity index (χ2v) is 9.65. The third-order valence-electron chi connectivity index (χ3n) is 6.39. The molecule has 0 fully saturated rings. The molecule has 6 rings (SSSR count). The fraction of sp³-hybridized carbons (Fsp3) is 0.125. The van der Waals surface area contributed by atoms with Crippen molar-refractivity contribution in [3.63, 3.8) is 0 Å². The predicted octanol–water partition coefficient (Wildman–Crippen LogP) is 6.00. The van der Waals surface area contributed by atoms with Gasteiger partial charge in [0.2, 0.25) is 0 Å². The average Bonchev–Trinajstić information content (AvgIpc) is 3.70. The smallest absolute Gasteiger partial charge is 0.113 e. The summed E-state index contributed by atoms with van der Waals surface area (Å²) < 4.78 is 3.57. The minimum absolute atomic E-state index is 0.874. The molecule has 0 bridgehead atoms. The molecule has 0 aliphatic rings. The molecule has 8 nitrogen and oxygen atoms in total. The summed E-state index contributed by atoms with van der Waals surface area (Å²) in [6, 6.07) is 36.5. The second kappa shape index (κ2) is 12.1. The first-order chi connectivity index (χ1) is 19.5. The Kier molecular flexibility index (Phi) is 7.97. The molecular formula is C32H32N8. The van der Waals surface area contributed by atoms with Gasteiger partial charge in [0.15, 0.2) is 0 Å². The van der Waals surface area contributed by atoms with Gasteiger partial charge >= 0.3 is 0 Å². The number of aromatic nitrogens is 6. The molecule has 0 spiro atoms. The summed E-state index contributed by atoms with van der Waals surface area (Å²) in [6.07, 6.45) is 3.89. The van der Waals surface area contributed by atoms with Crippen molar-refractivity contribution in [1.82, 2.24) is 30.0 Å². The molecule has 0 N–H and O–H groups in total. The van der Waals surface area contributed by atoms with Crippen molar-refractivity contribution in [3.05, 3.63) is 122 Å². The molecule has 0 atom stereocenters. The van der Waals surface area contributed by atoms with Crippen LogP contribution in [0.15, 0.2) is 122 Å². The van der Waals surface area contributed by atoms with Gasteiger partial charge in [0.25, 0.3) is 0 Å². The van der Waals surface area contributed by atoms with Gasteiger partial charge in [0.1, 0.15) is 11.4 Å². The number of nitrogens with zero attached hydrogens (tertiary/aromatic N) is 8. The Hall–Kier alpha value is -5.24. The van der Waals surface area contributed by atoms with Crippen molar-refractivity contribution < 1.29 is 0 Å². The summed E-state index contributed by atoms with van der Waals surface area (Å²) in [5.74, 6) is 0. The van der Waals surface area contributed by atoms with E-state index in [9.17, 15) is 0 Å². The normalized spacial score (nSPS) is 10.5. The molecule has 0 unspecified atom stereocenters. The van der Waals surface area contributed by atoms with Crippen molar-refractivity contribution in [1.29, 1.82) is 0 Å². The van der Waals surface area contributed by atoms with Gasteiger partial charge in [-0.1, -0.05) is 71.1 Å². The van der Waals surface area contributed by atoms with Crippen LogP contribution in [0.3, 0.4) is 0 Å². The predicted molar refractivity (Wildman–Crippen MR) is 162 cm³/mol. The molecule has 4 aromatic carbocycles. The van der Waals surface area contributed by atoms with Crippen LogP contribution in [0.5, 0.6) is 0 Å². The summed E-state index contributed by atoms with van der Waals surface area (Å²) >= 11 is 0. The zero-order valence-electron chi connectivity index (χ0n) is 23.1. The fourth-order valence-electron chi connectivity index (χ4n) is 4.07. The maximum atomic E-state index is 4.24. The number of hydrogen-bond acceptors (Lipinski definition) is 6. The highest BCUT2D eigenvalue weighted by molar-refractivity contribution is 5.63. The van der Waals surface area contributed by atoms with Gasteiger partial charge in [-0.05, 0) is 48.5 Å². The monoisotopic (exact) mass is 528 g/mol. The van der Waals surface area contributed by atoms with Crippen molar-refractivity contribution in [2.75, 3.05) is 38.0 Å². The first-order valence-corrected chi connectivity index (χ1v) is 13.0. The third-order valence-corrected chi connectivity index (χ3v) is 6.39. The molecule has 0 aliphatic heterocycles. The maximum absolute atomic E-state index is 4.24. The lowest BCUT2D eigenvalue weighted by atomic mass is 10.1. The molecule has 40 heavy (non-hydrogen) atoms. The van der Waals surface area contributed by atoms with Crippen LogP contribution in [0, 0.1) is 0 Å². The summed E-state index contributed by atoms with van der Waals surface area (Å²) in [5, 5.41) is 16.8. The van der Waals surface area contributed by atoms with Crippen LogP contribution in [0.1, 0.15) is 0 Å². The molecule has 0 aliphatic carbocycles. The quantitative estimate of drug-likeness (QED) is 0.264. The largest absolute Gasteiger partial charge is 0.378 e. The average molecular weight is 529 g/mol. The van der Waals surface area contributed by atoms with E-state index in [-0.39, 0.29) is 0 Å². The van der Waals surface area contributed by atoms with Gasteiger partial charge in [-0.25, -0.2) is 9.36 Å². The van der Waals surface area contributed by atoms with E-state index in [2.05, 4.69) is 79.0 Å². The third kappa shape index (κ3) is 6.24. The summed E-state index contributed by atoms with van der Waals surface area (Å²) in [6.45, 7) is 0. The van der Waals surface area contributed by atoms with E-state index in [1.165, 1.54) is 11.4 Å². The topological polar surface area (TPSA) is 67.9 Å². The number of hydrogen-bond donors (Lipinski definition) is 0. The lowest BCUT2D eigenvalue weighted by Gasteiger charge is -2.11. The minimum Gasteiger partial charge on any atom is -0.378 e. The maximum Gasteiger partial charge on any atom is 0.113 e. The Morgan fingerprint density at radius 1 is 0.450 bits per heavy atom. The van der Waals surface area contributed by atoms with Crippen LogP contribution in [0.25, 0.3) is 33.9 Å². The Morgan fingerprint density at radius 2 is 0.800 bits per heavy atom. The van der Waals surface area contributed by atoms with Gasteiger partial charge < -0.3 is 9.80 Å². The van der Waals surface area contributed by atoms with E-state index in [0.29, 0.717) is 0 Å². The van der Waals surface area contributed by atoms with E-state index in [4.69, 9.17) is 0 Å². The van der Waals surface area contributed by atoms with Gasteiger partial charge in [0, 0.05) is 50.7 Å². The minimum atomic E-state index is 0.874. The number of anilines is 2. The van der Waals surface area contributed by atoms with Crippen molar-refractivity contribution in [2.45, 2.75) is 0 Å². The van der Waals surface area contributed by atoms with Gasteiger partial charge in [-0.2, -0.15) is 0 Å². The fourth-order valence-corrected chi connectivity index (χ4v) is 4.07. The van der Waals surface area contributed by atoms with Crippen LogP contribution in [-0.4, -0.2) is 58.2 Å². The Labute approximate surface area is 234 Å². The van der Waals surface area contributed by atoms with E-state index < -0.39 is 0 Å². The summed E-state index contributed by atoms with van der Waals surface area (Å²) in [7, 11) is 8.11. The van der Waals surface area contributed by atoms with Crippen LogP contribution in [0.2, 0.25) is 0 Å². The Bertz CT molecular complexity index is 1490. The van der Waals surface area contributed by atoms with Crippen molar-refractivity contribution >= 4 is 11.4 Å². The first-order valence-electron chi connectivity index (χ1n) is 13.0. The number of rotatable bonds is 6. The Balaban J connectivity index is 0.000000161. The molecule has 8 heteroatoms. The summed E-state index contributed by atoms with van der Waals surface area (Å²) in [5.41, 5.74) is 8.25. The molecule has 2 heterocycles. The highest BCUT2D eigenvalue weighted by Gasteiger charge is 2.07. The van der Waals surface area contributed by atoms with Gasteiger partial charge in [-0.15, -0.1) is 10.2 Å². The van der Waals surface area contributed by atoms with Crippen LogP contribution in [-0.2, 0) is 0 Å². The standard InChI is InChI=1S/2C16H16N4/c2*1-19(2)14-10-8-13(9-11-14)16-12-20(18-17-16)15-6-4-3-5-7-15/h2*3-12H,1-2H3. The highest BCUT2D eigenvalue weighted by Crippen LogP contribution is 2.22. The van der Waals surface area contributed by atoms with E-state index in [1.807, 2.05) is 101 Å². The van der Waals surface area contributed by atoms with E-state index in [1.54, 1.807) is 9.36 Å². The summed E-state index contributed by atoms with van der Waals surface area (Å²) in [4.78, 5) is 4.15. The molecule has 6 aromatic rings. The lowest BCUT2D eigenvalue weighted by molar-refractivity contribution is 0.804. The van der Waals surface area contributed by atoms with Crippen LogP contribution >= 0.6 is 0 Å². The van der Waals surface area contributed by atoms with Gasteiger partial charge in [-0.3, -0.25) is 0 Å². The molecule has 200 valence electrons. The SMILES string of the molecule is CN(C)c1ccc(-c2cn(-c3ccccc3)nn2)cc1.CN(C)c1ccc(-c2cn(-c3ccccc3)nn2)cc1. The van der Waals surface area contributed by atoms with Crippen molar-refractivity contribution in [2.24, 2.45) is 0 Å². The molecule has 0 saturated heterocycles. The van der Waals surface area contributed by atoms with E-state index in [0.717, 1.165) is 33.9 Å². The van der Waals surface area contributed by atoms with Crippen LogP contribution < -0.4 is 9.80 Å². The Morgan fingerprint density at radius 3 is 1.12 bits per heavy atom. The first kappa shape index (κ1) is 26.4. The van der Waals surface area contributed by atoms with Gasteiger partial charge in [0.05, 0.1) is 23.8 Å². The van der Waals surface area contributed by atoms with E-state index >= 15 is 0 Å². The van der Waals surface area contributed by atoms with Crippen molar-refractivity contribution in [3.8, 4) is 33.9 Å². The number of benzene rings is 4. The lowest BCUT2D eigenvalue weighted by Crippen LogP contribution is -2.07. The molecule has 0 amide bonds.